The minimum Gasteiger partial charge on any atom is -0.380 e. The zero-order valence-corrected chi connectivity index (χ0v) is 9.73. The fourth-order valence-corrected chi connectivity index (χ4v) is 1.90. The summed E-state index contributed by atoms with van der Waals surface area (Å²) in [5, 5.41) is 20.3. The van der Waals surface area contributed by atoms with E-state index in [0.29, 0.717) is 5.56 Å². The van der Waals surface area contributed by atoms with Gasteiger partial charge in [0, 0.05) is 0 Å². The van der Waals surface area contributed by atoms with Crippen LogP contribution in [0.25, 0.3) is 0 Å². The van der Waals surface area contributed by atoms with Crippen molar-refractivity contribution >= 4 is 5.78 Å². The Labute approximate surface area is 105 Å². The number of carbonyl (C=O) groups excluding carboxylic acids is 1. The average Bonchev–Trinajstić information content (AvgIpc) is 2.41. The second-order valence-corrected chi connectivity index (χ2v) is 4.27. The maximum Gasteiger partial charge on any atom is 0.203 e. The Morgan fingerprint density at radius 1 is 1.28 bits per heavy atom. The van der Waals surface area contributed by atoms with Crippen LogP contribution in [0.2, 0.25) is 0 Å². The standard InChI is InChI=1S/C14H15NO3/c15-11-8-4-5-9-14(11,18)13(17)12(16)10-6-2-1-3-7-10/h1-9,11-12,16,18H,15H2. The zero-order valence-electron chi connectivity index (χ0n) is 9.73. The third-order valence-corrected chi connectivity index (χ3v) is 3.05. The Bertz CT molecular complexity index is 495. The monoisotopic (exact) mass is 245 g/mol. The van der Waals surface area contributed by atoms with Crippen molar-refractivity contribution in [3.63, 3.8) is 0 Å². The fourth-order valence-electron chi connectivity index (χ4n) is 1.90. The first-order valence-corrected chi connectivity index (χ1v) is 5.67. The Kier molecular flexibility index (Phi) is 3.43. The molecule has 0 heterocycles. The summed E-state index contributed by atoms with van der Waals surface area (Å²) in [5.74, 6) is -0.721. The van der Waals surface area contributed by atoms with Crippen LogP contribution in [0.4, 0.5) is 0 Å². The number of Topliss-reactive ketones (excluding diaryl/α,β-unsaturated/α-hetero) is 1. The average molecular weight is 245 g/mol. The summed E-state index contributed by atoms with van der Waals surface area (Å²) in [6, 6.07) is 7.61. The van der Waals surface area contributed by atoms with E-state index < -0.39 is 23.5 Å². The van der Waals surface area contributed by atoms with Gasteiger partial charge in [-0.15, -0.1) is 0 Å². The molecular weight excluding hydrogens is 230 g/mol. The van der Waals surface area contributed by atoms with Crippen molar-refractivity contribution < 1.29 is 15.0 Å². The van der Waals surface area contributed by atoms with Crippen molar-refractivity contribution in [2.75, 3.05) is 0 Å². The summed E-state index contributed by atoms with van der Waals surface area (Å²) < 4.78 is 0. The topological polar surface area (TPSA) is 83.5 Å². The van der Waals surface area contributed by atoms with Crippen LogP contribution in [0.3, 0.4) is 0 Å². The van der Waals surface area contributed by atoms with E-state index in [1.54, 1.807) is 42.5 Å². The summed E-state index contributed by atoms with van der Waals surface area (Å²) in [4.78, 5) is 12.2. The third kappa shape index (κ3) is 2.13. The molecule has 0 spiro atoms. The van der Waals surface area contributed by atoms with Gasteiger partial charge in [0.05, 0.1) is 6.04 Å². The maximum absolute atomic E-state index is 12.2. The smallest absolute Gasteiger partial charge is 0.203 e. The number of hydrogen-bond donors (Lipinski definition) is 3. The highest BCUT2D eigenvalue weighted by Gasteiger charge is 2.42. The molecule has 0 aliphatic heterocycles. The lowest BCUT2D eigenvalue weighted by Crippen LogP contribution is -2.54. The number of aliphatic hydroxyl groups is 2. The van der Waals surface area contributed by atoms with Gasteiger partial charge in [-0.2, -0.15) is 0 Å². The Balaban J connectivity index is 2.27. The molecule has 0 radical (unpaired) electrons. The van der Waals surface area contributed by atoms with E-state index in [9.17, 15) is 15.0 Å². The van der Waals surface area contributed by atoms with Crippen LogP contribution in [0, 0.1) is 0 Å². The number of nitrogens with two attached hydrogens (primary N) is 1. The van der Waals surface area contributed by atoms with Crippen molar-refractivity contribution in [3.8, 4) is 0 Å². The van der Waals surface area contributed by atoms with Crippen LogP contribution in [-0.2, 0) is 4.79 Å². The molecule has 0 saturated heterocycles. The van der Waals surface area contributed by atoms with Crippen LogP contribution in [0.1, 0.15) is 11.7 Å². The number of aliphatic hydroxyl groups excluding tert-OH is 1. The molecule has 1 aliphatic carbocycles. The lowest BCUT2D eigenvalue weighted by atomic mass is 9.82. The molecule has 0 aromatic heterocycles. The first-order chi connectivity index (χ1) is 8.55. The van der Waals surface area contributed by atoms with Crippen LogP contribution in [0.15, 0.2) is 54.6 Å². The molecule has 1 aromatic carbocycles. The van der Waals surface area contributed by atoms with E-state index in [-0.39, 0.29) is 0 Å². The fraction of sp³-hybridized carbons (Fsp3) is 0.214. The normalized spacial score (nSPS) is 28.1. The largest absolute Gasteiger partial charge is 0.380 e. The molecule has 1 aromatic rings. The van der Waals surface area contributed by atoms with Crippen LogP contribution < -0.4 is 5.73 Å². The van der Waals surface area contributed by atoms with E-state index >= 15 is 0 Å². The van der Waals surface area contributed by atoms with Gasteiger partial charge < -0.3 is 15.9 Å². The van der Waals surface area contributed by atoms with Gasteiger partial charge in [0.25, 0.3) is 0 Å². The van der Waals surface area contributed by atoms with Crippen molar-refractivity contribution in [1.29, 1.82) is 0 Å². The van der Waals surface area contributed by atoms with Crippen molar-refractivity contribution in [2.24, 2.45) is 5.73 Å². The second kappa shape index (κ2) is 4.86. The molecule has 4 N–H and O–H groups in total. The number of ketones is 1. The van der Waals surface area contributed by atoms with E-state index in [0.717, 1.165) is 0 Å². The summed E-state index contributed by atoms with van der Waals surface area (Å²) in [7, 11) is 0. The van der Waals surface area contributed by atoms with Gasteiger partial charge in [0.15, 0.2) is 5.60 Å². The molecule has 3 atom stereocenters. The molecule has 4 nitrogen and oxygen atoms in total. The summed E-state index contributed by atoms with van der Waals surface area (Å²) in [6.45, 7) is 0. The first-order valence-electron chi connectivity index (χ1n) is 5.67. The highest BCUT2D eigenvalue weighted by Crippen LogP contribution is 2.25. The van der Waals surface area contributed by atoms with Gasteiger partial charge in [-0.3, -0.25) is 4.79 Å². The van der Waals surface area contributed by atoms with E-state index in [1.165, 1.54) is 12.2 Å². The van der Waals surface area contributed by atoms with Gasteiger partial charge in [-0.25, -0.2) is 0 Å². The number of rotatable bonds is 3. The number of carbonyl (C=O) groups is 1. The van der Waals surface area contributed by atoms with Crippen LogP contribution in [-0.4, -0.2) is 27.6 Å². The van der Waals surface area contributed by atoms with Crippen molar-refractivity contribution in [1.82, 2.24) is 0 Å². The Morgan fingerprint density at radius 3 is 2.56 bits per heavy atom. The lowest BCUT2D eigenvalue weighted by Gasteiger charge is -2.31. The third-order valence-electron chi connectivity index (χ3n) is 3.05. The predicted molar refractivity (Wildman–Crippen MR) is 67.6 cm³/mol. The number of benzene rings is 1. The van der Waals surface area contributed by atoms with Crippen molar-refractivity contribution in [2.45, 2.75) is 17.7 Å². The highest BCUT2D eigenvalue weighted by atomic mass is 16.3. The molecule has 0 bridgehead atoms. The predicted octanol–water partition coefficient (Wildman–Crippen LogP) is 0.473. The molecule has 94 valence electrons. The number of hydrogen-bond acceptors (Lipinski definition) is 4. The van der Waals surface area contributed by atoms with Crippen LogP contribution >= 0.6 is 0 Å². The minimum atomic E-state index is -1.86. The van der Waals surface area contributed by atoms with Gasteiger partial charge in [-0.1, -0.05) is 48.6 Å². The molecule has 3 unspecified atom stereocenters. The highest BCUT2D eigenvalue weighted by molar-refractivity contribution is 5.95. The molecule has 2 rings (SSSR count). The second-order valence-electron chi connectivity index (χ2n) is 4.27. The summed E-state index contributed by atoms with van der Waals surface area (Å²) in [6.07, 6.45) is 4.64. The molecule has 0 amide bonds. The molecule has 0 saturated carbocycles. The molecule has 4 heteroatoms. The molecule has 0 fully saturated rings. The van der Waals surface area contributed by atoms with E-state index in [4.69, 9.17) is 5.73 Å². The molecular formula is C14H15NO3. The van der Waals surface area contributed by atoms with Crippen LogP contribution in [0.5, 0.6) is 0 Å². The minimum absolute atomic E-state index is 0.436. The summed E-state index contributed by atoms with van der Waals surface area (Å²) >= 11 is 0. The Hall–Kier alpha value is -1.75. The lowest BCUT2D eigenvalue weighted by molar-refractivity contribution is -0.142. The van der Waals surface area contributed by atoms with Gasteiger partial charge in [0.1, 0.15) is 6.10 Å². The van der Waals surface area contributed by atoms with E-state index in [2.05, 4.69) is 0 Å². The summed E-state index contributed by atoms with van der Waals surface area (Å²) in [5.41, 5.74) is 4.29. The Morgan fingerprint density at radius 2 is 1.94 bits per heavy atom. The van der Waals surface area contributed by atoms with Gasteiger partial charge in [0.2, 0.25) is 5.78 Å². The number of allylic oxidation sites excluding steroid dienone is 2. The quantitative estimate of drug-likeness (QED) is 0.723. The van der Waals surface area contributed by atoms with E-state index in [1.807, 2.05) is 0 Å². The molecule has 1 aliphatic rings. The maximum atomic E-state index is 12.2. The molecule has 18 heavy (non-hydrogen) atoms. The first kappa shape index (κ1) is 12.7. The van der Waals surface area contributed by atoms with Gasteiger partial charge in [-0.05, 0) is 11.6 Å². The zero-order chi connectivity index (χ0) is 13.2. The van der Waals surface area contributed by atoms with Gasteiger partial charge >= 0.3 is 0 Å². The van der Waals surface area contributed by atoms with Crippen molar-refractivity contribution in [3.05, 3.63) is 60.2 Å². The SMILES string of the molecule is NC1C=CC=CC1(O)C(=O)C(O)c1ccccc1.